The summed E-state index contributed by atoms with van der Waals surface area (Å²) in [6.07, 6.45) is 1.83. The summed E-state index contributed by atoms with van der Waals surface area (Å²) < 4.78 is 13.6. The molecule has 2 aromatic carbocycles. The first kappa shape index (κ1) is 18.8. The van der Waals surface area contributed by atoms with E-state index in [2.05, 4.69) is 17.4 Å². The zero-order valence-corrected chi connectivity index (χ0v) is 15.2. The van der Waals surface area contributed by atoms with Gasteiger partial charge < -0.3 is 5.32 Å². The van der Waals surface area contributed by atoms with E-state index >= 15 is 0 Å². The van der Waals surface area contributed by atoms with Crippen LogP contribution in [-0.2, 0) is 17.0 Å². The number of aryl methyl sites for hydroxylation is 1. The summed E-state index contributed by atoms with van der Waals surface area (Å²) in [5.74, 6) is 0.425. The fraction of sp³-hybridized carbons (Fsp3) is 0.316. The minimum absolute atomic E-state index is 0.0186. The van der Waals surface area contributed by atoms with Gasteiger partial charge >= 0.3 is 0 Å². The maximum absolute atomic E-state index is 13.6. The summed E-state index contributed by atoms with van der Waals surface area (Å²) in [6, 6.07) is 14.9. The van der Waals surface area contributed by atoms with Crippen molar-refractivity contribution in [2.75, 3.05) is 5.75 Å². The smallest absolute Gasteiger partial charge is 0.230 e. The van der Waals surface area contributed by atoms with Crippen LogP contribution in [0.4, 0.5) is 4.39 Å². The van der Waals surface area contributed by atoms with Crippen LogP contribution in [0.25, 0.3) is 0 Å². The second-order valence-electron chi connectivity index (χ2n) is 5.72. The van der Waals surface area contributed by atoms with Crippen molar-refractivity contribution in [1.82, 2.24) is 5.32 Å². The Labute approximate surface area is 151 Å². The van der Waals surface area contributed by atoms with Crippen molar-refractivity contribution in [1.29, 1.82) is 0 Å². The van der Waals surface area contributed by atoms with Crippen LogP contribution < -0.4 is 5.32 Å². The Kier molecular flexibility index (Phi) is 7.60. The highest BCUT2D eigenvalue weighted by molar-refractivity contribution is 7.99. The Morgan fingerprint density at radius 2 is 2.00 bits per heavy atom. The first-order valence-corrected chi connectivity index (χ1v) is 9.43. The molecule has 2 aromatic rings. The van der Waals surface area contributed by atoms with E-state index in [1.165, 1.54) is 23.4 Å². The lowest BCUT2D eigenvalue weighted by Crippen LogP contribution is -2.34. The van der Waals surface area contributed by atoms with Crippen molar-refractivity contribution >= 4 is 29.3 Å². The average molecular weight is 366 g/mol. The zero-order chi connectivity index (χ0) is 17.4. The lowest BCUT2D eigenvalue weighted by Gasteiger charge is -2.14. The molecule has 1 N–H and O–H groups in total. The van der Waals surface area contributed by atoms with Gasteiger partial charge in [-0.1, -0.05) is 48.0 Å². The molecule has 0 aliphatic carbocycles. The third-order valence-electron chi connectivity index (χ3n) is 3.62. The molecule has 0 unspecified atom stereocenters. The van der Waals surface area contributed by atoms with Crippen molar-refractivity contribution in [3.8, 4) is 0 Å². The van der Waals surface area contributed by atoms with Crippen LogP contribution in [0.2, 0.25) is 5.02 Å². The molecule has 0 saturated carbocycles. The van der Waals surface area contributed by atoms with Gasteiger partial charge in [-0.2, -0.15) is 0 Å². The molecule has 2 rings (SSSR count). The predicted molar refractivity (Wildman–Crippen MR) is 99.9 cm³/mol. The second-order valence-corrected chi connectivity index (χ2v) is 7.14. The van der Waals surface area contributed by atoms with Gasteiger partial charge in [0, 0.05) is 16.8 Å². The molecule has 2 nitrogen and oxygen atoms in total. The molecule has 0 aliphatic rings. The summed E-state index contributed by atoms with van der Waals surface area (Å²) in [6.45, 7) is 2.00. The van der Waals surface area contributed by atoms with E-state index < -0.39 is 0 Å². The summed E-state index contributed by atoms with van der Waals surface area (Å²) in [7, 11) is 0. The number of nitrogens with one attached hydrogen (secondary N) is 1. The normalized spacial score (nSPS) is 12.0. The number of thioether (sulfide) groups is 1. The number of carbonyl (C=O) groups excluding carboxylic acids is 1. The van der Waals surface area contributed by atoms with Gasteiger partial charge in [-0.05, 0) is 43.0 Å². The van der Waals surface area contributed by atoms with Crippen molar-refractivity contribution in [3.63, 3.8) is 0 Å². The molecule has 0 fully saturated rings. The fourth-order valence-corrected chi connectivity index (χ4v) is 3.29. The third-order valence-corrected chi connectivity index (χ3v) is 4.84. The molecule has 0 heterocycles. The second kappa shape index (κ2) is 9.70. The lowest BCUT2D eigenvalue weighted by atomic mass is 10.1. The zero-order valence-electron chi connectivity index (χ0n) is 13.6. The highest BCUT2D eigenvalue weighted by Crippen LogP contribution is 2.19. The molecule has 0 radical (unpaired) electrons. The SMILES string of the molecule is C[C@H](CCc1ccccc1)NC(=O)CSCc1ccc(Cl)cc1F. The van der Waals surface area contributed by atoms with E-state index in [4.69, 9.17) is 11.6 Å². The van der Waals surface area contributed by atoms with Gasteiger partial charge in [-0.3, -0.25) is 4.79 Å². The van der Waals surface area contributed by atoms with Crippen molar-refractivity contribution < 1.29 is 9.18 Å². The van der Waals surface area contributed by atoms with E-state index in [1.54, 1.807) is 12.1 Å². The van der Waals surface area contributed by atoms with Crippen LogP contribution in [-0.4, -0.2) is 17.7 Å². The Balaban J connectivity index is 1.67. The van der Waals surface area contributed by atoms with Crippen molar-refractivity contribution in [2.45, 2.75) is 31.6 Å². The Morgan fingerprint density at radius 1 is 1.25 bits per heavy atom. The minimum atomic E-state index is -0.327. The number of hydrogen-bond acceptors (Lipinski definition) is 2. The van der Waals surface area contributed by atoms with Crippen LogP contribution in [0.5, 0.6) is 0 Å². The van der Waals surface area contributed by atoms with Crippen LogP contribution in [0.15, 0.2) is 48.5 Å². The predicted octanol–water partition coefficient (Wildman–Crippen LogP) is 4.85. The Hall–Kier alpha value is -1.52. The van der Waals surface area contributed by atoms with Crippen LogP contribution in [0.1, 0.15) is 24.5 Å². The third kappa shape index (κ3) is 6.54. The standard InChI is InChI=1S/C19H21ClFNOS/c1-14(7-8-15-5-3-2-4-6-15)22-19(23)13-24-12-16-9-10-17(20)11-18(16)21/h2-6,9-11,14H,7-8,12-13H2,1H3,(H,22,23)/t14-/m1/s1. The van der Waals surface area contributed by atoms with Gasteiger partial charge in [0.15, 0.2) is 0 Å². The van der Waals surface area contributed by atoms with Gasteiger partial charge in [-0.25, -0.2) is 4.39 Å². The first-order chi connectivity index (χ1) is 11.5. The highest BCUT2D eigenvalue weighted by Gasteiger charge is 2.09. The molecular formula is C19H21ClFNOS. The van der Waals surface area contributed by atoms with E-state index in [0.29, 0.717) is 22.1 Å². The molecule has 0 bridgehead atoms. The molecule has 24 heavy (non-hydrogen) atoms. The van der Waals surface area contributed by atoms with E-state index in [-0.39, 0.29) is 17.8 Å². The average Bonchev–Trinajstić information content (AvgIpc) is 2.56. The summed E-state index contributed by atoms with van der Waals surface area (Å²) in [4.78, 5) is 11.9. The Bertz CT molecular complexity index is 666. The van der Waals surface area contributed by atoms with Crippen LogP contribution in [0.3, 0.4) is 0 Å². The summed E-state index contributed by atoms with van der Waals surface area (Å²) >= 11 is 7.12. The molecule has 1 amide bonds. The molecule has 0 aromatic heterocycles. The first-order valence-electron chi connectivity index (χ1n) is 7.89. The number of benzene rings is 2. The summed E-state index contributed by atoms with van der Waals surface area (Å²) in [5.41, 5.74) is 1.83. The minimum Gasteiger partial charge on any atom is -0.353 e. The quantitative estimate of drug-likeness (QED) is 0.724. The maximum atomic E-state index is 13.6. The molecule has 1 atom stereocenters. The number of rotatable bonds is 8. The lowest BCUT2D eigenvalue weighted by molar-refractivity contribution is -0.119. The number of halogens is 2. The summed E-state index contributed by atoms with van der Waals surface area (Å²) in [5, 5.41) is 3.37. The molecule has 5 heteroatoms. The molecule has 128 valence electrons. The van der Waals surface area contributed by atoms with Gasteiger partial charge in [0.1, 0.15) is 5.82 Å². The largest absolute Gasteiger partial charge is 0.353 e. The monoisotopic (exact) mass is 365 g/mol. The molecular weight excluding hydrogens is 345 g/mol. The molecule has 0 aliphatic heterocycles. The van der Waals surface area contributed by atoms with Crippen molar-refractivity contribution in [2.24, 2.45) is 0 Å². The Morgan fingerprint density at radius 3 is 2.71 bits per heavy atom. The van der Waals surface area contributed by atoms with E-state index in [1.807, 2.05) is 25.1 Å². The topological polar surface area (TPSA) is 29.1 Å². The fourth-order valence-electron chi connectivity index (χ4n) is 2.31. The van der Waals surface area contributed by atoms with Gasteiger partial charge in [0.25, 0.3) is 0 Å². The van der Waals surface area contributed by atoms with Crippen LogP contribution in [0, 0.1) is 5.82 Å². The van der Waals surface area contributed by atoms with Gasteiger partial charge in [-0.15, -0.1) is 11.8 Å². The van der Waals surface area contributed by atoms with Crippen LogP contribution >= 0.6 is 23.4 Å². The van der Waals surface area contributed by atoms with Gasteiger partial charge in [0.2, 0.25) is 5.91 Å². The van der Waals surface area contributed by atoms with Crippen molar-refractivity contribution in [3.05, 3.63) is 70.5 Å². The molecule has 0 spiro atoms. The van der Waals surface area contributed by atoms with E-state index in [0.717, 1.165) is 12.8 Å². The van der Waals surface area contributed by atoms with E-state index in [9.17, 15) is 9.18 Å². The number of amides is 1. The highest BCUT2D eigenvalue weighted by atomic mass is 35.5. The maximum Gasteiger partial charge on any atom is 0.230 e. The number of carbonyl (C=O) groups is 1. The molecule has 0 saturated heterocycles. The number of hydrogen-bond donors (Lipinski definition) is 1. The van der Waals surface area contributed by atoms with Gasteiger partial charge in [0.05, 0.1) is 5.75 Å².